The molecule has 0 N–H and O–H groups in total. The lowest BCUT2D eigenvalue weighted by molar-refractivity contribution is 0.00578. The average Bonchev–Trinajstić information content (AvgIpc) is 1.49. The van der Waals surface area contributed by atoms with E-state index in [0.717, 1.165) is 54.4 Å². The van der Waals surface area contributed by atoms with Gasteiger partial charge in [-0.1, -0.05) is 356 Å². The lowest BCUT2D eigenvalue weighted by Crippen LogP contribution is -2.41. The predicted octanol–water partition coefficient (Wildman–Crippen LogP) is 25.7. The molecule has 578 valence electrons. The lowest BCUT2D eigenvalue weighted by atomic mass is 9.65. The zero-order valence-corrected chi connectivity index (χ0v) is 68.9. The van der Waals surface area contributed by atoms with Crippen molar-refractivity contribution in [1.29, 1.82) is 0 Å². The highest BCUT2D eigenvalue weighted by atomic mass is 79.9. The minimum atomic E-state index is -0.511. The molecule has 16 aromatic carbocycles. The number of hydrogen-bond donors (Lipinski definition) is 0. The Bertz CT molecular complexity index is 7510. The highest BCUT2D eigenvalue weighted by molar-refractivity contribution is 9.10. The summed E-state index contributed by atoms with van der Waals surface area (Å²) in [6.07, 6.45) is 0. The quantitative estimate of drug-likeness (QED) is 0.139. The van der Waals surface area contributed by atoms with Crippen LogP contribution >= 0.6 is 15.9 Å². The molecule has 2 unspecified atom stereocenters. The largest absolute Gasteiger partial charge is 0.494 e. The number of halogens is 1. The molecule has 0 bridgehead atoms. The van der Waals surface area contributed by atoms with Gasteiger partial charge in [0.25, 0.3) is 0 Å². The van der Waals surface area contributed by atoms with Gasteiger partial charge in [-0.3, -0.25) is 0 Å². The van der Waals surface area contributed by atoms with Crippen LogP contribution in [0.15, 0.2) is 393 Å². The number of aromatic nitrogens is 8. The first-order valence-electron chi connectivity index (χ1n) is 41.6. The van der Waals surface area contributed by atoms with E-state index in [1.165, 1.54) is 122 Å². The van der Waals surface area contributed by atoms with E-state index < -0.39 is 23.7 Å². The Morgan fingerprint density at radius 1 is 0.246 bits per heavy atom. The third-order valence-corrected chi connectivity index (χ3v) is 26.4. The molecule has 0 saturated carbocycles. The van der Waals surface area contributed by atoms with Gasteiger partial charge in [0, 0.05) is 59.4 Å². The van der Waals surface area contributed by atoms with Crippen molar-refractivity contribution in [3.8, 4) is 113 Å². The highest BCUT2D eigenvalue weighted by Crippen LogP contribution is 2.64. The molecule has 5 aliphatic rings. The van der Waals surface area contributed by atoms with E-state index in [2.05, 4.69) is 295 Å². The topological polar surface area (TPSA) is 106 Å². The molecule has 3 aliphatic heterocycles. The van der Waals surface area contributed by atoms with Crippen LogP contribution in [0.1, 0.15) is 72.2 Å². The Labute approximate surface area is 715 Å². The Morgan fingerprint density at radius 2 is 0.566 bits per heavy atom. The van der Waals surface area contributed by atoms with Crippen molar-refractivity contribution >= 4 is 72.1 Å². The maximum atomic E-state index is 6.25. The lowest BCUT2D eigenvalue weighted by Gasteiger charge is -2.39. The molecule has 20 aromatic rings. The smallest absolute Gasteiger partial charge is 0.399 e. The summed E-state index contributed by atoms with van der Waals surface area (Å²) in [5.41, 5.74) is 30.6. The fraction of sp³-hybridized carbons (Fsp3) is 0.0727. The summed E-state index contributed by atoms with van der Waals surface area (Å²) < 4.78 is 18.6. The SMILES string of the molecule is Brc1ccc2c(c1)C1(c3ccccc3-2)c2ccccc2-n2c3ccccc3c3cccc1c32.CC1(C)OB(c2cccc(-c3nc(-c4ccccc4)nc(-c4ccccc4)n3)c2)OC1(C)C.c1ccc(-c2nc(-c3ccccc3)nc(-c3cccc(-c4ccc5c(c4)C4(c6ccccc6-5)c5ccccc5-n5c6ccccc6c6cccc4c65)c3)n2)cc1. The summed E-state index contributed by atoms with van der Waals surface area (Å²) in [5.74, 6) is 3.84. The molecule has 2 spiro atoms. The molecule has 0 radical (unpaired) electrons. The van der Waals surface area contributed by atoms with Crippen molar-refractivity contribution in [3.63, 3.8) is 0 Å². The molecule has 4 aromatic heterocycles. The van der Waals surface area contributed by atoms with Gasteiger partial charge in [-0.2, -0.15) is 0 Å². The van der Waals surface area contributed by atoms with Gasteiger partial charge in [0.2, 0.25) is 0 Å². The molecule has 0 amide bonds. The van der Waals surface area contributed by atoms with E-state index in [9.17, 15) is 0 Å². The summed E-state index contributed by atoms with van der Waals surface area (Å²) in [5, 5.41) is 5.18. The van der Waals surface area contributed by atoms with Crippen LogP contribution in [0.2, 0.25) is 0 Å². The van der Waals surface area contributed by atoms with Crippen molar-refractivity contribution in [1.82, 2.24) is 39.0 Å². The number of rotatable bonds is 8. The predicted molar refractivity (Wildman–Crippen MR) is 498 cm³/mol. The monoisotopic (exact) mass is 1630 g/mol. The molecule has 1 fully saturated rings. The number of hydrogen-bond acceptors (Lipinski definition) is 8. The average molecular weight is 1630 g/mol. The summed E-state index contributed by atoms with van der Waals surface area (Å²) >= 11 is 3.79. The standard InChI is InChI=1S/C52H32N4.C31H18BrN.C27H26BN3O2/c1-3-15-33(16-4-1)49-53-50(34-17-5-2-6-18-34)55-51(54-49)37-20-13-19-35(31-37)36-29-30-39-38-21-7-9-24-42(38)52(45(39)32-36)43-25-10-12-28-47(43)56-46-27-11-8-22-40(46)41-23-14-26-44(52)48(41)56;32-19-16-17-21-20-8-1-3-11-24(20)31(27(21)18-19)25-12-4-6-15-29(25)33-28-14-5-2-9-22(28)23-10-7-13-26(31)30(23)33;1-26(2)27(3,4)33-28(32-26)22-17-11-16-21(18-22)25-30-23(19-12-7-5-8-13-19)29-24(31-25)20-14-9-6-10-15-20/h1-32H;1-18H;5-18H,1-4H3. The van der Waals surface area contributed by atoms with Crippen LogP contribution in [0, 0.1) is 0 Å². The summed E-state index contributed by atoms with van der Waals surface area (Å²) in [4.78, 5) is 29.4. The molecular weight excluding hydrogens is 1560 g/mol. The van der Waals surface area contributed by atoms with E-state index in [1.54, 1.807) is 0 Å². The molecule has 25 rings (SSSR count). The zero-order chi connectivity index (χ0) is 81.6. The van der Waals surface area contributed by atoms with E-state index >= 15 is 0 Å². The maximum absolute atomic E-state index is 6.25. The van der Waals surface area contributed by atoms with Crippen molar-refractivity contribution in [3.05, 3.63) is 437 Å². The van der Waals surface area contributed by atoms with Gasteiger partial charge in [-0.05, 0) is 160 Å². The molecule has 10 nitrogen and oxygen atoms in total. The summed E-state index contributed by atoms with van der Waals surface area (Å²) in [6.45, 7) is 8.23. The molecule has 2 atom stereocenters. The van der Waals surface area contributed by atoms with Crippen LogP contribution in [0.5, 0.6) is 0 Å². The Hall–Kier alpha value is -14.4. The van der Waals surface area contributed by atoms with Gasteiger partial charge < -0.3 is 18.4 Å². The van der Waals surface area contributed by atoms with Gasteiger partial charge in [0.1, 0.15) is 0 Å². The number of para-hydroxylation sites is 6. The molecule has 2 aliphatic carbocycles. The van der Waals surface area contributed by atoms with Crippen LogP contribution in [0.4, 0.5) is 0 Å². The summed E-state index contributed by atoms with van der Waals surface area (Å²) in [6, 6.07) is 138. The molecule has 12 heteroatoms. The van der Waals surface area contributed by atoms with Crippen LogP contribution in [-0.4, -0.2) is 57.4 Å². The van der Waals surface area contributed by atoms with Gasteiger partial charge >= 0.3 is 7.12 Å². The Balaban J connectivity index is 0.000000113. The van der Waals surface area contributed by atoms with Crippen LogP contribution in [0.25, 0.3) is 157 Å². The van der Waals surface area contributed by atoms with Gasteiger partial charge in [0.15, 0.2) is 34.9 Å². The highest BCUT2D eigenvalue weighted by Gasteiger charge is 2.54. The van der Waals surface area contributed by atoms with E-state index in [4.69, 9.17) is 39.2 Å². The van der Waals surface area contributed by atoms with Crippen LogP contribution in [0.3, 0.4) is 0 Å². The molecular formula is C110H76BBrN8O2. The van der Waals surface area contributed by atoms with Gasteiger partial charge in [0.05, 0.1) is 55.5 Å². The second-order valence-corrected chi connectivity index (χ2v) is 34.0. The first-order valence-corrected chi connectivity index (χ1v) is 42.4. The number of nitrogens with zero attached hydrogens (tertiary/aromatic N) is 8. The van der Waals surface area contributed by atoms with Crippen molar-refractivity contribution in [2.75, 3.05) is 0 Å². The Morgan fingerprint density at radius 3 is 1.03 bits per heavy atom. The van der Waals surface area contributed by atoms with Crippen LogP contribution in [-0.2, 0) is 20.1 Å². The fourth-order valence-corrected chi connectivity index (χ4v) is 20.2. The minimum Gasteiger partial charge on any atom is -0.399 e. The molecule has 7 heterocycles. The van der Waals surface area contributed by atoms with E-state index in [-0.39, 0.29) is 5.41 Å². The fourth-order valence-electron chi connectivity index (χ4n) is 19.8. The zero-order valence-electron chi connectivity index (χ0n) is 67.3. The molecule has 122 heavy (non-hydrogen) atoms. The second-order valence-electron chi connectivity index (χ2n) is 33.1. The first-order chi connectivity index (χ1) is 59.9. The maximum Gasteiger partial charge on any atom is 0.494 e. The van der Waals surface area contributed by atoms with Crippen molar-refractivity contribution in [2.24, 2.45) is 0 Å². The van der Waals surface area contributed by atoms with E-state index in [1.807, 2.05) is 146 Å². The van der Waals surface area contributed by atoms with E-state index in [0.29, 0.717) is 34.9 Å². The van der Waals surface area contributed by atoms with Gasteiger partial charge in [-0.15, -0.1) is 0 Å². The first kappa shape index (κ1) is 72.8. The number of benzene rings is 16. The van der Waals surface area contributed by atoms with Gasteiger partial charge in [-0.25, -0.2) is 29.9 Å². The minimum absolute atomic E-state index is 0.351. The third-order valence-electron chi connectivity index (χ3n) is 25.9. The molecule has 1 saturated heterocycles. The van der Waals surface area contributed by atoms with Crippen molar-refractivity contribution < 1.29 is 9.31 Å². The second kappa shape index (κ2) is 28.4. The van der Waals surface area contributed by atoms with Crippen molar-refractivity contribution in [2.45, 2.75) is 49.7 Å². The third kappa shape index (κ3) is 11.2. The normalized spacial score (nSPS) is 16.0. The van der Waals surface area contributed by atoms with Crippen LogP contribution < -0.4 is 5.46 Å². The number of fused-ring (bicyclic) bond motifs is 24. The summed E-state index contributed by atoms with van der Waals surface area (Å²) in [7, 11) is -0.445. The Kier molecular flexibility index (Phi) is 16.9.